The molecular formula is C20H18N6O4. The first-order chi connectivity index (χ1) is 14.8. The van der Waals surface area contributed by atoms with Crippen LogP contribution in [0.4, 0.5) is 0 Å². The number of rotatable bonds is 5. The molecule has 0 N–H and O–H groups in total. The third-order valence-corrected chi connectivity index (χ3v) is 5.02. The van der Waals surface area contributed by atoms with Crippen LogP contribution in [0, 0.1) is 5.92 Å². The molecule has 10 nitrogen and oxygen atoms in total. The Morgan fingerprint density at radius 1 is 1.20 bits per heavy atom. The van der Waals surface area contributed by atoms with E-state index in [9.17, 15) is 4.79 Å². The molecule has 0 saturated carbocycles. The summed E-state index contributed by atoms with van der Waals surface area (Å²) in [6.45, 7) is 1.26. The second-order valence-corrected chi connectivity index (χ2v) is 7.12. The van der Waals surface area contributed by atoms with E-state index in [1.165, 1.54) is 0 Å². The lowest BCUT2D eigenvalue weighted by Crippen LogP contribution is -2.40. The standard InChI is InChI=1S/C20H18N6O4/c27-20(14-10-17(29-24-14)16-4-2-8-28-16)26-7-1-3-13(12-26)9-18-23-19(25-30-18)15-11-21-5-6-22-15/h2,4-6,8,10-11,13H,1,3,7,9,12H2/t13-/m1/s1. The topological polar surface area (TPSA) is 124 Å². The molecule has 10 heteroatoms. The summed E-state index contributed by atoms with van der Waals surface area (Å²) in [7, 11) is 0. The molecule has 4 aromatic heterocycles. The van der Waals surface area contributed by atoms with Crippen LogP contribution in [-0.4, -0.2) is 49.2 Å². The van der Waals surface area contributed by atoms with Gasteiger partial charge in [-0.1, -0.05) is 10.3 Å². The van der Waals surface area contributed by atoms with Gasteiger partial charge in [0, 0.05) is 38.0 Å². The summed E-state index contributed by atoms with van der Waals surface area (Å²) >= 11 is 0. The zero-order valence-electron chi connectivity index (χ0n) is 16.0. The van der Waals surface area contributed by atoms with E-state index in [-0.39, 0.29) is 17.5 Å². The third-order valence-electron chi connectivity index (χ3n) is 5.02. The SMILES string of the molecule is O=C(c1cc(-c2ccco2)on1)N1CCC[C@H](Cc2nc(-c3cnccn3)no2)C1. The summed E-state index contributed by atoms with van der Waals surface area (Å²) < 4.78 is 15.9. The highest BCUT2D eigenvalue weighted by atomic mass is 16.5. The number of carbonyl (C=O) groups is 1. The Kier molecular flexibility index (Phi) is 4.80. The van der Waals surface area contributed by atoms with E-state index in [2.05, 4.69) is 25.3 Å². The van der Waals surface area contributed by atoms with Gasteiger partial charge in [-0.05, 0) is 30.9 Å². The van der Waals surface area contributed by atoms with Crippen LogP contribution >= 0.6 is 0 Å². The van der Waals surface area contributed by atoms with Crippen LogP contribution in [0.2, 0.25) is 0 Å². The Bertz CT molecular complexity index is 1120. The van der Waals surface area contributed by atoms with Crippen LogP contribution in [0.25, 0.3) is 23.0 Å². The number of likely N-dealkylation sites (tertiary alicyclic amines) is 1. The Balaban J connectivity index is 1.24. The van der Waals surface area contributed by atoms with Crippen molar-refractivity contribution in [1.82, 2.24) is 30.2 Å². The fourth-order valence-electron chi connectivity index (χ4n) is 3.59. The number of hydrogen-bond acceptors (Lipinski definition) is 9. The van der Waals surface area contributed by atoms with Crippen molar-refractivity contribution in [1.29, 1.82) is 0 Å². The van der Waals surface area contributed by atoms with E-state index < -0.39 is 0 Å². The largest absolute Gasteiger partial charge is 0.461 e. The van der Waals surface area contributed by atoms with Gasteiger partial charge in [0.15, 0.2) is 11.5 Å². The normalized spacial score (nSPS) is 16.7. The lowest BCUT2D eigenvalue weighted by atomic mass is 9.94. The average Bonchev–Trinajstić information content (AvgIpc) is 3.55. The first-order valence-electron chi connectivity index (χ1n) is 9.65. The molecule has 5 heterocycles. The number of nitrogens with zero attached hydrogens (tertiary/aromatic N) is 6. The molecule has 1 aliphatic rings. The van der Waals surface area contributed by atoms with Crippen molar-refractivity contribution < 1.29 is 18.3 Å². The number of carbonyl (C=O) groups excluding carboxylic acids is 1. The second kappa shape index (κ2) is 7.90. The molecule has 1 fully saturated rings. The number of piperidine rings is 1. The van der Waals surface area contributed by atoms with Gasteiger partial charge in [-0.25, -0.2) is 4.98 Å². The smallest absolute Gasteiger partial charge is 0.276 e. The van der Waals surface area contributed by atoms with Gasteiger partial charge < -0.3 is 18.4 Å². The monoisotopic (exact) mass is 406 g/mol. The average molecular weight is 406 g/mol. The molecule has 1 amide bonds. The molecular weight excluding hydrogens is 388 g/mol. The first kappa shape index (κ1) is 18.2. The molecule has 0 spiro atoms. The highest BCUT2D eigenvalue weighted by molar-refractivity contribution is 5.93. The predicted molar refractivity (Wildman–Crippen MR) is 102 cm³/mol. The van der Waals surface area contributed by atoms with Crippen molar-refractivity contribution in [3.63, 3.8) is 0 Å². The fraction of sp³-hybridized carbons (Fsp3) is 0.300. The van der Waals surface area contributed by atoms with Gasteiger partial charge in [-0.3, -0.25) is 9.78 Å². The fourth-order valence-corrected chi connectivity index (χ4v) is 3.59. The lowest BCUT2D eigenvalue weighted by Gasteiger charge is -2.31. The summed E-state index contributed by atoms with van der Waals surface area (Å²) in [5.74, 6) is 1.96. The highest BCUT2D eigenvalue weighted by Crippen LogP contribution is 2.25. The predicted octanol–water partition coefficient (Wildman–Crippen LogP) is 2.87. The molecule has 1 aliphatic heterocycles. The first-order valence-corrected chi connectivity index (χ1v) is 9.65. The summed E-state index contributed by atoms with van der Waals surface area (Å²) in [4.78, 5) is 27.3. The van der Waals surface area contributed by atoms with Crippen molar-refractivity contribution >= 4 is 5.91 Å². The van der Waals surface area contributed by atoms with Gasteiger partial charge >= 0.3 is 0 Å². The van der Waals surface area contributed by atoms with Crippen molar-refractivity contribution in [2.24, 2.45) is 5.92 Å². The van der Waals surface area contributed by atoms with Gasteiger partial charge in [0.05, 0.1) is 12.5 Å². The van der Waals surface area contributed by atoms with E-state index >= 15 is 0 Å². The highest BCUT2D eigenvalue weighted by Gasteiger charge is 2.28. The number of amides is 1. The van der Waals surface area contributed by atoms with Crippen LogP contribution < -0.4 is 0 Å². The Labute approximate surface area is 170 Å². The van der Waals surface area contributed by atoms with E-state index in [0.29, 0.717) is 48.4 Å². The van der Waals surface area contributed by atoms with E-state index in [1.54, 1.807) is 48.0 Å². The van der Waals surface area contributed by atoms with Crippen LogP contribution in [0.3, 0.4) is 0 Å². The molecule has 0 aliphatic carbocycles. The zero-order chi connectivity index (χ0) is 20.3. The molecule has 0 bridgehead atoms. The number of furan rings is 1. The Hall–Kier alpha value is -3.82. The molecule has 0 radical (unpaired) electrons. The minimum Gasteiger partial charge on any atom is -0.461 e. The van der Waals surface area contributed by atoms with Crippen LogP contribution in [0.1, 0.15) is 29.2 Å². The van der Waals surface area contributed by atoms with Crippen molar-refractivity contribution in [2.45, 2.75) is 19.3 Å². The van der Waals surface area contributed by atoms with Crippen molar-refractivity contribution in [3.05, 3.63) is 54.6 Å². The summed E-state index contributed by atoms with van der Waals surface area (Å²) in [6, 6.07) is 5.11. The van der Waals surface area contributed by atoms with E-state index in [1.807, 2.05) is 0 Å². The van der Waals surface area contributed by atoms with Crippen LogP contribution in [0.5, 0.6) is 0 Å². The number of aromatic nitrogens is 5. The number of hydrogen-bond donors (Lipinski definition) is 0. The minimum absolute atomic E-state index is 0.160. The Morgan fingerprint density at radius 3 is 3.00 bits per heavy atom. The van der Waals surface area contributed by atoms with E-state index in [4.69, 9.17) is 13.5 Å². The van der Waals surface area contributed by atoms with Gasteiger partial charge in [0.25, 0.3) is 5.91 Å². The molecule has 0 aromatic carbocycles. The maximum Gasteiger partial charge on any atom is 0.276 e. The summed E-state index contributed by atoms with van der Waals surface area (Å²) in [6.07, 6.45) is 8.76. The van der Waals surface area contributed by atoms with Crippen LogP contribution in [0.15, 0.2) is 56.5 Å². The second-order valence-electron chi connectivity index (χ2n) is 7.12. The molecule has 1 atom stereocenters. The van der Waals surface area contributed by atoms with E-state index in [0.717, 1.165) is 12.8 Å². The molecule has 1 saturated heterocycles. The van der Waals surface area contributed by atoms with Gasteiger partial charge in [0.1, 0.15) is 5.69 Å². The summed E-state index contributed by atoms with van der Waals surface area (Å²) in [5.41, 5.74) is 0.830. The molecule has 4 aromatic rings. The van der Waals surface area contributed by atoms with Crippen molar-refractivity contribution in [3.8, 4) is 23.0 Å². The molecule has 0 unspecified atom stereocenters. The molecule has 152 valence electrons. The quantitative estimate of drug-likeness (QED) is 0.492. The maximum absolute atomic E-state index is 12.9. The van der Waals surface area contributed by atoms with Gasteiger partial charge in [0.2, 0.25) is 17.5 Å². The summed E-state index contributed by atoms with van der Waals surface area (Å²) in [5, 5.41) is 7.89. The lowest BCUT2D eigenvalue weighted by molar-refractivity contribution is 0.0657. The molecule has 30 heavy (non-hydrogen) atoms. The maximum atomic E-state index is 12.9. The van der Waals surface area contributed by atoms with Crippen molar-refractivity contribution in [2.75, 3.05) is 13.1 Å². The van der Waals surface area contributed by atoms with Crippen LogP contribution in [-0.2, 0) is 6.42 Å². The van der Waals surface area contributed by atoms with Gasteiger partial charge in [-0.2, -0.15) is 4.98 Å². The minimum atomic E-state index is -0.160. The molecule has 5 rings (SSSR count). The Morgan fingerprint density at radius 2 is 2.17 bits per heavy atom. The third kappa shape index (κ3) is 3.71. The zero-order valence-corrected chi connectivity index (χ0v) is 16.0. The van der Waals surface area contributed by atoms with Gasteiger partial charge in [-0.15, -0.1) is 0 Å².